The fourth-order valence-corrected chi connectivity index (χ4v) is 1.45. The van der Waals surface area contributed by atoms with Crippen LogP contribution in [0.3, 0.4) is 0 Å². The van der Waals surface area contributed by atoms with E-state index in [4.69, 9.17) is 9.47 Å². The Hall–Kier alpha value is -0.120. The summed E-state index contributed by atoms with van der Waals surface area (Å²) in [4.78, 5) is 0. The van der Waals surface area contributed by atoms with Gasteiger partial charge in [-0.3, -0.25) is 0 Å². The van der Waals surface area contributed by atoms with Gasteiger partial charge in [-0.15, -0.1) is 0 Å². The third-order valence-electron chi connectivity index (χ3n) is 2.67. The lowest BCUT2D eigenvalue weighted by atomic mass is 10.1. The van der Waals surface area contributed by atoms with E-state index in [9.17, 15) is 0 Å². The molecule has 0 aromatic rings. The van der Waals surface area contributed by atoms with Gasteiger partial charge in [-0.05, 0) is 12.3 Å². The zero-order valence-electron chi connectivity index (χ0n) is 12.3. The van der Waals surface area contributed by atoms with Crippen molar-refractivity contribution >= 4 is 0 Å². The summed E-state index contributed by atoms with van der Waals surface area (Å²) < 4.78 is 11.3. The highest BCUT2D eigenvalue weighted by Crippen LogP contribution is 2.05. The van der Waals surface area contributed by atoms with Crippen LogP contribution in [0, 0.1) is 5.92 Å². The van der Waals surface area contributed by atoms with Crippen molar-refractivity contribution in [3.8, 4) is 0 Å². The molecule has 0 saturated heterocycles. The molecule has 0 fully saturated rings. The van der Waals surface area contributed by atoms with E-state index in [-0.39, 0.29) is 6.10 Å². The van der Waals surface area contributed by atoms with E-state index in [1.807, 2.05) is 0 Å². The average molecular weight is 245 g/mol. The predicted molar refractivity (Wildman–Crippen MR) is 73.4 cm³/mol. The van der Waals surface area contributed by atoms with Crippen LogP contribution in [0.1, 0.15) is 47.5 Å². The third kappa shape index (κ3) is 10.7. The van der Waals surface area contributed by atoms with Crippen molar-refractivity contribution in [3.63, 3.8) is 0 Å². The van der Waals surface area contributed by atoms with Crippen LogP contribution >= 0.6 is 0 Å². The van der Waals surface area contributed by atoms with E-state index in [2.05, 4.69) is 39.9 Å². The fourth-order valence-electron chi connectivity index (χ4n) is 1.45. The van der Waals surface area contributed by atoms with E-state index < -0.39 is 0 Å². The first-order valence-corrected chi connectivity index (χ1v) is 7.00. The van der Waals surface area contributed by atoms with Gasteiger partial charge in [0.15, 0.2) is 0 Å². The Bertz CT molecular complexity index is 160. The molecule has 0 radical (unpaired) electrons. The quantitative estimate of drug-likeness (QED) is 0.568. The highest BCUT2D eigenvalue weighted by Gasteiger charge is 2.13. The van der Waals surface area contributed by atoms with Crippen LogP contribution in [0.4, 0.5) is 0 Å². The molecule has 0 bridgehead atoms. The summed E-state index contributed by atoms with van der Waals surface area (Å²) in [5.41, 5.74) is 0. The van der Waals surface area contributed by atoms with Crippen molar-refractivity contribution < 1.29 is 9.47 Å². The van der Waals surface area contributed by atoms with Gasteiger partial charge in [0.1, 0.15) is 0 Å². The van der Waals surface area contributed by atoms with Crippen LogP contribution in [0.5, 0.6) is 0 Å². The van der Waals surface area contributed by atoms with Crippen LogP contribution < -0.4 is 5.32 Å². The number of rotatable bonds is 11. The minimum Gasteiger partial charge on any atom is -0.379 e. The predicted octanol–water partition coefficient (Wildman–Crippen LogP) is 2.84. The third-order valence-corrected chi connectivity index (χ3v) is 2.67. The monoisotopic (exact) mass is 245 g/mol. The van der Waals surface area contributed by atoms with E-state index in [0.717, 1.165) is 19.6 Å². The largest absolute Gasteiger partial charge is 0.379 e. The molecule has 0 aliphatic carbocycles. The molecule has 0 aliphatic rings. The Morgan fingerprint density at radius 2 is 1.71 bits per heavy atom. The van der Waals surface area contributed by atoms with Crippen LogP contribution in [0.25, 0.3) is 0 Å². The molecule has 0 spiro atoms. The Morgan fingerprint density at radius 1 is 1.00 bits per heavy atom. The lowest BCUT2D eigenvalue weighted by molar-refractivity contribution is -0.0150. The van der Waals surface area contributed by atoms with Crippen molar-refractivity contribution in [1.29, 1.82) is 0 Å². The topological polar surface area (TPSA) is 30.5 Å². The second-order valence-electron chi connectivity index (χ2n) is 5.18. The molecule has 1 atom stereocenters. The van der Waals surface area contributed by atoms with Crippen molar-refractivity contribution in [1.82, 2.24) is 5.32 Å². The molecule has 1 N–H and O–H groups in total. The summed E-state index contributed by atoms with van der Waals surface area (Å²) in [6.07, 6.45) is 2.61. The Balaban J connectivity index is 3.56. The maximum atomic E-state index is 5.85. The molecule has 0 saturated carbocycles. The average Bonchev–Trinajstić information content (AvgIpc) is 2.26. The molecule has 0 aromatic carbocycles. The Morgan fingerprint density at radius 3 is 2.24 bits per heavy atom. The first-order valence-electron chi connectivity index (χ1n) is 7.00. The summed E-state index contributed by atoms with van der Waals surface area (Å²) >= 11 is 0. The zero-order valence-corrected chi connectivity index (χ0v) is 12.3. The summed E-state index contributed by atoms with van der Waals surface area (Å²) in [6.45, 7) is 14.1. The van der Waals surface area contributed by atoms with Crippen molar-refractivity contribution in [2.45, 2.75) is 59.6 Å². The van der Waals surface area contributed by atoms with Crippen LogP contribution in [-0.4, -0.2) is 38.5 Å². The first-order chi connectivity index (χ1) is 8.07. The minimum absolute atomic E-state index is 0.284. The zero-order chi connectivity index (χ0) is 13.1. The molecule has 17 heavy (non-hydrogen) atoms. The van der Waals surface area contributed by atoms with Crippen LogP contribution in [0.15, 0.2) is 0 Å². The highest BCUT2D eigenvalue weighted by atomic mass is 16.5. The maximum absolute atomic E-state index is 5.85. The van der Waals surface area contributed by atoms with Gasteiger partial charge in [0.2, 0.25) is 0 Å². The summed E-state index contributed by atoms with van der Waals surface area (Å²) in [5, 5.41) is 3.42. The second-order valence-corrected chi connectivity index (χ2v) is 5.18. The van der Waals surface area contributed by atoms with E-state index >= 15 is 0 Å². The molecular weight excluding hydrogens is 214 g/mol. The van der Waals surface area contributed by atoms with E-state index in [0.29, 0.717) is 25.2 Å². The second kappa shape index (κ2) is 11.0. The minimum atomic E-state index is 0.284. The molecule has 0 amide bonds. The van der Waals surface area contributed by atoms with Gasteiger partial charge in [-0.1, -0.05) is 41.0 Å². The number of hydrogen-bond acceptors (Lipinski definition) is 3. The smallest absolute Gasteiger partial charge is 0.0723 e. The van der Waals surface area contributed by atoms with Crippen molar-refractivity contribution in [3.05, 3.63) is 0 Å². The lowest BCUT2D eigenvalue weighted by Gasteiger charge is -2.23. The molecule has 1 unspecified atom stereocenters. The molecule has 3 heteroatoms. The highest BCUT2D eigenvalue weighted by molar-refractivity contribution is 4.67. The lowest BCUT2D eigenvalue weighted by Crippen LogP contribution is -2.37. The van der Waals surface area contributed by atoms with E-state index in [1.54, 1.807) is 0 Å². The van der Waals surface area contributed by atoms with Crippen molar-refractivity contribution in [2.24, 2.45) is 5.92 Å². The van der Waals surface area contributed by atoms with Gasteiger partial charge in [0.05, 0.1) is 19.3 Å². The number of nitrogens with one attached hydrogen (secondary N) is 1. The molecule has 3 nitrogen and oxygen atoms in total. The van der Waals surface area contributed by atoms with Crippen LogP contribution in [0.2, 0.25) is 0 Å². The fraction of sp³-hybridized carbons (Fsp3) is 1.00. The summed E-state index contributed by atoms with van der Waals surface area (Å²) in [6, 6.07) is 0.514. The molecule has 0 rings (SSSR count). The van der Waals surface area contributed by atoms with Crippen LogP contribution in [-0.2, 0) is 9.47 Å². The normalized spacial score (nSPS) is 13.6. The van der Waals surface area contributed by atoms with Crippen molar-refractivity contribution in [2.75, 3.05) is 26.4 Å². The van der Waals surface area contributed by atoms with Gasteiger partial charge in [0, 0.05) is 19.2 Å². The number of hydrogen-bond donors (Lipinski definition) is 1. The van der Waals surface area contributed by atoms with Gasteiger partial charge in [-0.2, -0.15) is 0 Å². The Labute approximate surface area is 107 Å². The maximum Gasteiger partial charge on any atom is 0.0723 e. The summed E-state index contributed by atoms with van der Waals surface area (Å²) in [7, 11) is 0. The molecule has 104 valence electrons. The van der Waals surface area contributed by atoms with Gasteiger partial charge < -0.3 is 14.8 Å². The van der Waals surface area contributed by atoms with Gasteiger partial charge in [0.25, 0.3) is 0 Å². The number of ether oxygens (including phenoxy) is 2. The first kappa shape index (κ1) is 16.9. The SMILES string of the molecule is CCCCOCCOC(CNC(C)C)C(C)C. The Kier molecular flexibility index (Phi) is 10.9. The molecular formula is C14H31NO2. The number of unbranched alkanes of at least 4 members (excludes halogenated alkanes) is 1. The van der Waals surface area contributed by atoms with E-state index in [1.165, 1.54) is 6.42 Å². The standard InChI is InChI=1S/C14H31NO2/c1-6-7-8-16-9-10-17-14(12(2)3)11-15-13(4)5/h12-15H,6-11H2,1-5H3. The molecule has 0 aromatic heterocycles. The molecule has 0 aliphatic heterocycles. The summed E-state index contributed by atoms with van der Waals surface area (Å²) in [5.74, 6) is 0.539. The van der Waals surface area contributed by atoms with Gasteiger partial charge in [-0.25, -0.2) is 0 Å². The van der Waals surface area contributed by atoms with Gasteiger partial charge >= 0.3 is 0 Å². The molecule has 0 heterocycles.